The maximum Gasteiger partial charge on any atom is 0.240 e. The molecule has 0 atom stereocenters. The number of amides is 1. The van der Waals surface area contributed by atoms with Gasteiger partial charge in [-0.3, -0.25) is 4.79 Å². The van der Waals surface area contributed by atoms with Crippen LogP contribution in [0.2, 0.25) is 6.04 Å². The third kappa shape index (κ3) is 37.1. The lowest BCUT2D eigenvalue weighted by atomic mass is 10.6. The standard InChI is InChI=1S/C3H5NO.C3H10Si/c1-2-3(4)5;1-2-3-4/h2H,1H2,(H2,4,5);2-3H2,1,4H3. The Hall–Kier alpha value is -0.573. The van der Waals surface area contributed by atoms with E-state index in [-0.39, 0.29) is 0 Å². The molecule has 0 unspecified atom stereocenters. The lowest BCUT2D eigenvalue weighted by Crippen LogP contribution is -2.04. The summed E-state index contributed by atoms with van der Waals surface area (Å²) < 4.78 is 0. The minimum absolute atomic E-state index is 0.481. The van der Waals surface area contributed by atoms with Gasteiger partial charge < -0.3 is 5.73 Å². The molecule has 1 amide bonds. The molecule has 0 spiro atoms. The van der Waals surface area contributed by atoms with Crippen LogP contribution in [0.15, 0.2) is 12.7 Å². The van der Waals surface area contributed by atoms with Gasteiger partial charge in [-0.25, -0.2) is 0 Å². The molecule has 3 heteroatoms. The number of rotatable bonds is 2. The van der Waals surface area contributed by atoms with Crippen molar-refractivity contribution in [2.75, 3.05) is 0 Å². The summed E-state index contributed by atoms with van der Waals surface area (Å²) in [7, 11) is 1.39. The lowest BCUT2D eigenvalue weighted by Gasteiger charge is -1.67. The Morgan fingerprint density at radius 1 is 1.89 bits per heavy atom. The lowest BCUT2D eigenvalue weighted by molar-refractivity contribution is -0.113. The average Bonchev–Trinajstić information content (AvgIpc) is 1.89. The Morgan fingerprint density at radius 3 is 2.11 bits per heavy atom. The minimum atomic E-state index is -0.481. The van der Waals surface area contributed by atoms with Crippen LogP contribution in [0.4, 0.5) is 0 Å². The van der Waals surface area contributed by atoms with E-state index in [4.69, 9.17) is 0 Å². The van der Waals surface area contributed by atoms with Crippen molar-refractivity contribution in [3.63, 3.8) is 0 Å². The Morgan fingerprint density at radius 2 is 2.11 bits per heavy atom. The van der Waals surface area contributed by atoms with E-state index in [9.17, 15) is 4.79 Å². The monoisotopic (exact) mass is 145 g/mol. The van der Waals surface area contributed by atoms with E-state index >= 15 is 0 Å². The van der Waals surface area contributed by atoms with Gasteiger partial charge in [-0.15, -0.1) is 0 Å². The van der Waals surface area contributed by atoms with Gasteiger partial charge in [0.25, 0.3) is 0 Å². The Kier molecular flexibility index (Phi) is 13.0. The van der Waals surface area contributed by atoms with Crippen LogP contribution in [-0.4, -0.2) is 16.1 Å². The molecule has 0 saturated carbocycles. The molecule has 0 aromatic carbocycles. The van der Waals surface area contributed by atoms with Crippen molar-refractivity contribution in [1.29, 1.82) is 0 Å². The van der Waals surface area contributed by atoms with E-state index < -0.39 is 5.91 Å². The van der Waals surface area contributed by atoms with E-state index in [1.165, 1.54) is 22.7 Å². The van der Waals surface area contributed by atoms with Crippen LogP contribution in [0.25, 0.3) is 0 Å². The van der Waals surface area contributed by atoms with Gasteiger partial charge in [-0.1, -0.05) is 26.0 Å². The van der Waals surface area contributed by atoms with Crippen molar-refractivity contribution >= 4 is 16.1 Å². The molecule has 0 rings (SSSR count). The van der Waals surface area contributed by atoms with Crippen molar-refractivity contribution in [3.8, 4) is 0 Å². The number of nitrogens with two attached hydrogens (primary N) is 1. The highest BCUT2D eigenvalue weighted by molar-refractivity contribution is 6.08. The second-order valence-electron chi connectivity index (χ2n) is 1.61. The molecule has 0 saturated heterocycles. The molecule has 0 bridgehead atoms. The van der Waals surface area contributed by atoms with Crippen LogP contribution in [0.3, 0.4) is 0 Å². The zero-order chi connectivity index (χ0) is 7.70. The molecule has 0 aromatic rings. The van der Waals surface area contributed by atoms with Gasteiger partial charge >= 0.3 is 0 Å². The van der Waals surface area contributed by atoms with Crippen LogP contribution < -0.4 is 5.73 Å². The van der Waals surface area contributed by atoms with E-state index in [1.54, 1.807) is 0 Å². The van der Waals surface area contributed by atoms with Gasteiger partial charge in [0.05, 0.1) is 0 Å². The highest BCUT2D eigenvalue weighted by Gasteiger charge is 1.69. The van der Waals surface area contributed by atoms with E-state index in [0.29, 0.717) is 0 Å². The number of primary amides is 1. The second kappa shape index (κ2) is 10.4. The fourth-order valence-corrected chi connectivity index (χ4v) is 0. The van der Waals surface area contributed by atoms with Gasteiger partial charge in [0, 0.05) is 10.2 Å². The summed E-state index contributed by atoms with van der Waals surface area (Å²) in [5, 5.41) is 0. The fraction of sp³-hybridized carbons (Fsp3) is 0.500. The summed E-state index contributed by atoms with van der Waals surface area (Å²) in [6, 6.07) is 1.46. The van der Waals surface area contributed by atoms with E-state index in [0.717, 1.165) is 6.08 Å². The molecular weight excluding hydrogens is 130 g/mol. The normalized spacial score (nSPS) is 7.22. The summed E-state index contributed by atoms with van der Waals surface area (Å²) in [6.45, 7) is 5.30. The Bertz CT molecular complexity index is 81.1. The minimum Gasteiger partial charge on any atom is -0.366 e. The molecule has 0 aromatic heterocycles. The maximum absolute atomic E-state index is 9.47. The molecule has 0 aliphatic rings. The van der Waals surface area contributed by atoms with Gasteiger partial charge in [0.15, 0.2) is 0 Å². The smallest absolute Gasteiger partial charge is 0.240 e. The zero-order valence-corrected chi connectivity index (χ0v) is 8.18. The molecular formula is C6H15NOSi. The zero-order valence-electron chi connectivity index (χ0n) is 6.18. The Labute approximate surface area is 59.6 Å². The summed E-state index contributed by atoms with van der Waals surface area (Å²) in [4.78, 5) is 9.47. The van der Waals surface area contributed by atoms with Crippen molar-refractivity contribution in [2.24, 2.45) is 5.73 Å². The highest BCUT2D eigenvalue weighted by atomic mass is 28.1. The number of hydrogen-bond donors (Lipinski definition) is 1. The topological polar surface area (TPSA) is 43.1 Å². The summed E-state index contributed by atoms with van der Waals surface area (Å²) in [5.41, 5.74) is 4.53. The van der Waals surface area contributed by atoms with Crippen LogP contribution in [0, 0.1) is 0 Å². The van der Waals surface area contributed by atoms with Crippen molar-refractivity contribution in [2.45, 2.75) is 19.4 Å². The molecule has 54 valence electrons. The largest absolute Gasteiger partial charge is 0.366 e. The molecule has 0 aliphatic heterocycles. The van der Waals surface area contributed by atoms with Crippen LogP contribution in [0.1, 0.15) is 13.3 Å². The summed E-state index contributed by atoms with van der Waals surface area (Å²) >= 11 is 0. The van der Waals surface area contributed by atoms with Crippen LogP contribution in [-0.2, 0) is 4.79 Å². The molecule has 2 nitrogen and oxygen atoms in total. The summed E-state index contributed by atoms with van der Waals surface area (Å²) in [5.74, 6) is -0.481. The van der Waals surface area contributed by atoms with Crippen LogP contribution in [0.5, 0.6) is 0 Å². The fourth-order valence-electron chi connectivity index (χ4n) is 0. The van der Waals surface area contributed by atoms with E-state index in [2.05, 4.69) is 19.2 Å². The third-order valence-electron chi connectivity index (χ3n) is 0.701. The molecule has 9 heavy (non-hydrogen) atoms. The van der Waals surface area contributed by atoms with Crippen molar-refractivity contribution in [3.05, 3.63) is 12.7 Å². The quantitative estimate of drug-likeness (QED) is 0.426. The maximum atomic E-state index is 9.47. The first-order valence-corrected chi connectivity index (χ1v) is 4.52. The number of carbonyl (C=O) groups is 1. The van der Waals surface area contributed by atoms with Gasteiger partial charge in [0.2, 0.25) is 5.91 Å². The number of carbonyl (C=O) groups excluding carboxylic acids is 1. The Balaban J connectivity index is 0. The molecule has 0 heterocycles. The van der Waals surface area contributed by atoms with E-state index in [1.807, 2.05) is 0 Å². The second-order valence-corrected chi connectivity index (χ2v) is 2.61. The first-order chi connectivity index (χ1) is 4.18. The van der Waals surface area contributed by atoms with Crippen molar-refractivity contribution in [1.82, 2.24) is 0 Å². The molecule has 2 N–H and O–H groups in total. The van der Waals surface area contributed by atoms with Crippen molar-refractivity contribution < 1.29 is 4.79 Å². The third-order valence-corrected chi connectivity index (χ3v) is 1.70. The molecule has 0 fully saturated rings. The van der Waals surface area contributed by atoms with Crippen LogP contribution >= 0.6 is 0 Å². The highest BCUT2D eigenvalue weighted by Crippen LogP contribution is 1.73. The summed E-state index contributed by atoms with van der Waals surface area (Å²) in [6.07, 6.45) is 2.44. The van der Waals surface area contributed by atoms with Gasteiger partial charge in [0.1, 0.15) is 0 Å². The average molecular weight is 145 g/mol. The first kappa shape index (κ1) is 11.3. The first-order valence-electron chi connectivity index (χ1n) is 3.10. The predicted octanol–water partition coefficient (Wildman–Crippen LogP) is -0.162. The molecule has 0 aliphatic carbocycles. The number of hydrogen-bond acceptors (Lipinski definition) is 1. The van der Waals surface area contributed by atoms with Gasteiger partial charge in [-0.05, 0) is 6.08 Å². The SMILES string of the molecule is C=CC(N)=O.CCC[SiH3]. The predicted molar refractivity (Wildman–Crippen MR) is 44.4 cm³/mol. The van der Waals surface area contributed by atoms with Gasteiger partial charge in [-0.2, -0.15) is 0 Å². The molecule has 0 radical (unpaired) electrons.